The van der Waals surface area contributed by atoms with Crippen LogP contribution in [0.5, 0.6) is 0 Å². The Bertz CT molecular complexity index is 109. The highest BCUT2D eigenvalue weighted by Crippen LogP contribution is 2.22. The highest BCUT2D eigenvalue weighted by atomic mass is 19.1. The Hall–Kier alpha value is -0.190. The van der Waals surface area contributed by atoms with Gasteiger partial charge in [-0.2, -0.15) is 0 Å². The predicted molar refractivity (Wildman–Crippen MR) is 32.3 cm³/mol. The summed E-state index contributed by atoms with van der Waals surface area (Å²) in [7, 11) is 1.39. The molecule has 0 aromatic heterocycles. The maximum absolute atomic E-state index is 12.7. The van der Waals surface area contributed by atoms with Crippen molar-refractivity contribution in [2.75, 3.05) is 13.7 Å². The van der Waals surface area contributed by atoms with E-state index < -0.39 is 12.5 Å². The van der Waals surface area contributed by atoms with Crippen molar-refractivity contribution < 1.29 is 19.0 Å². The summed E-state index contributed by atoms with van der Waals surface area (Å²) in [6.07, 6.45) is -2.03. The lowest BCUT2D eigenvalue weighted by molar-refractivity contribution is -0.141. The van der Waals surface area contributed by atoms with E-state index in [2.05, 4.69) is 4.74 Å². The van der Waals surface area contributed by atoms with E-state index in [-0.39, 0.29) is 19.1 Å². The predicted octanol–water partition coefficient (Wildman–Crippen LogP) is 0.0782. The van der Waals surface area contributed by atoms with Crippen LogP contribution < -0.4 is 0 Å². The van der Waals surface area contributed by atoms with Crippen molar-refractivity contribution >= 4 is 0 Å². The number of ether oxygens (including phenoxy) is 2. The number of aliphatic hydroxyl groups excluding tert-OH is 1. The van der Waals surface area contributed by atoms with E-state index in [1.807, 2.05) is 0 Å². The van der Waals surface area contributed by atoms with Crippen LogP contribution >= 0.6 is 0 Å². The first-order valence-corrected chi connectivity index (χ1v) is 3.21. The van der Waals surface area contributed by atoms with Crippen molar-refractivity contribution in [2.24, 2.45) is 0 Å². The van der Waals surface area contributed by atoms with Crippen LogP contribution in [0.4, 0.5) is 4.39 Å². The zero-order valence-electron chi connectivity index (χ0n) is 5.79. The lowest BCUT2D eigenvalue weighted by Crippen LogP contribution is -2.19. The van der Waals surface area contributed by atoms with E-state index in [9.17, 15) is 4.39 Å². The van der Waals surface area contributed by atoms with E-state index in [1.54, 1.807) is 0 Å². The number of methoxy groups -OCH3 is 1. The van der Waals surface area contributed by atoms with Crippen molar-refractivity contribution in [3.05, 3.63) is 0 Å². The second-order valence-electron chi connectivity index (χ2n) is 2.30. The van der Waals surface area contributed by atoms with Crippen LogP contribution in [0.1, 0.15) is 6.42 Å². The second-order valence-corrected chi connectivity index (χ2v) is 2.30. The third-order valence-electron chi connectivity index (χ3n) is 1.55. The molecule has 0 aromatic rings. The van der Waals surface area contributed by atoms with E-state index in [0.29, 0.717) is 0 Å². The molecule has 4 heteroatoms. The molecule has 3 nitrogen and oxygen atoms in total. The summed E-state index contributed by atoms with van der Waals surface area (Å²) in [5.41, 5.74) is 0. The van der Waals surface area contributed by atoms with Gasteiger partial charge in [0.05, 0.1) is 12.7 Å². The molecule has 1 aliphatic heterocycles. The van der Waals surface area contributed by atoms with Gasteiger partial charge in [0.2, 0.25) is 0 Å². The minimum Gasteiger partial charge on any atom is -0.394 e. The van der Waals surface area contributed by atoms with Crippen LogP contribution in [0, 0.1) is 0 Å². The van der Waals surface area contributed by atoms with Gasteiger partial charge in [0, 0.05) is 13.5 Å². The van der Waals surface area contributed by atoms with Crippen LogP contribution in [0.15, 0.2) is 0 Å². The first-order valence-electron chi connectivity index (χ1n) is 3.21. The SMILES string of the molecule is CO[C@H]1O[C@H](CO)C[C@@H]1F. The highest BCUT2D eigenvalue weighted by Gasteiger charge is 2.34. The van der Waals surface area contributed by atoms with Gasteiger partial charge in [-0.05, 0) is 0 Å². The molecule has 0 amide bonds. The second kappa shape index (κ2) is 3.27. The number of hydrogen-bond donors (Lipinski definition) is 1. The molecule has 60 valence electrons. The van der Waals surface area contributed by atoms with Gasteiger partial charge in [0.15, 0.2) is 12.5 Å². The number of hydrogen-bond acceptors (Lipinski definition) is 3. The molecule has 1 N–H and O–H groups in total. The quantitative estimate of drug-likeness (QED) is 0.605. The van der Waals surface area contributed by atoms with Gasteiger partial charge in [-0.3, -0.25) is 0 Å². The molecule has 0 saturated carbocycles. The number of aliphatic hydroxyl groups is 1. The molecule has 1 saturated heterocycles. The molecule has 0 aliphatic carbocycles. The van der Waals surface area contributed by atoms with E-state index in [1.165, 1.54) is 7.11 Å². The first kappa shape index (κ1) is 7.91. The summed E-state index contributed by atoms with van der Waals surface area (Å²) in [6, 6.07) is 0. The average molecular weight is 150 g/mol. The molecule has 0 radical (unpaired) electrons. The summed E-state index contributed by atoms with van der Waals surface area (Å²) in [5, 5.41) is 8.55. The van der Waals surface area contributed by atoms with Crippen molar-refractivity contribution in [3.63, 3.8) is 0 Å². The van der Waals surface area contributed by atoms with Crippen molar-refractivity contribution in [3.8, 4) is 0 Å². The Morgan fingerprint density at radius 3 is 2.80 bits per heavy atom. The Labute approximate surface area is 58.7 Å². The van der Waals surface area contributed by atoms with Gasteiger partial charge < -0.3 is 14.6 Å². The standard InChI is InChI=1S/C6H11FO3/c1-9-6-5(7)2-4(3-8)10-6/h4-6,8H,2-3H2,1H3/t4-,5-,6-/m0/s1. The maximum atomic E-state index is 12.7. The molecule has 1 rings (SSSR count). The fourth-order valence-electron chi connectivity index (χ4n) is 1.01. The fourth-order valence-corrected chi connectivity index (χ4v) is 1.01. The molecule has 1 aliphatic rings. The summed E-state index contributed by atoms with van der Waals surface area (Å²) in [6.45, 7) is -0.139. The molecule has 0 spiro atoms. The molecular formula is C6H11FO3. The smallest absolute Gasteiger partial charge is 0.188 e. The van der Waals surface area contributed by atoms with E-state index >= 15 is 0 Å². The van der Waals surface area contributed by atoms with Gasteiger partial charge in [0.1, 0.15) is 0 Å². The maximum Gasteiger partial charge on any atom is 0.188 e. The normalized spacial score (nSPS) is 40.5. The number of rotatable bonds is 2. The Balaban J connectivity index is 2.36. The van der Waals surface area contributed by atoms with E-state index in [4.69, 9.17) is 9.84 Å². The molecule has 1 fully saturated rings. The Kier molecular flexibility index (Phi) is 2.59. The number of halogens is 1. The lowest BCUT2D eigenvalue weighted by atomic mass is 10.2. The Morgan fingerprint density at radius 1 is 1.80 bits per heavy atom. The minimum atomic E-state index is -1.10. The molecule has 1 heterocycles. The van der Waals surface area contributed by atoms with Gasteiger partial charge in [-0.1, -0.05) is 0 Å². The Morgan fingerprint density at radius 2 is 2.50 bits per heavy atom. The van der Waals surface area contributed by atoms with Gasteiger partial charge in [-0.25, -0.2) is 4.39 Å². The minimum absolute atomic E-state index is 0.139. The lowest BCUT2D eigenvalue weighted by Gasteiger charge is -2.09. The monoisotopic (exact) mass is 150 g/mol. The highest BCUT2D eigenvalue weighted by molar-refractivity contribution is 4.75. The average Bonchev–Trinajstić information content (AvgIpc) is 2.30. The summed E-state index contributed by atoms with van der Waals surface area (Å²) >= 11 is 0. The van der Waals surface area contributed by atoms with Crippen LogP contribution in [-0.2, 0) is 9.47 Å². The summed E-state index contributed by atoms with van der Waals surface area (Å²) in [4.78, 5) is 0. The van der Waals surface area contributed by atoms with Gasteiger partial charge in [0.25, 0.3) is 0 Å². The zero-order valence-corrected chi connectivity index (χ0v) is 5.79. The zero-order chi connectivity index (χ0) is 7.56. The molecule has 3 atom stereocenters. The molecule has 0 aromatic carbocycles. The van der Waals surface area contributed by atoms with Crippen molar-refractivity contribution in [2.45, 2.75) is 25.0 Å². The third kappa shape index (κ3) is 1.45. The molecule has 0 unspecified atom stereocenters. The van der Waals surface area contributed by atoms with Crippen LogP contribution in [-0.4, -0.2) is 37.4 Å². The largest absolute Gasteiger partial charge is 0.394 e. The van der Waals surface area contributed by atoms with Gasteiger partial charge in [-0.15, -0.1) is 0 Å². The summed E-state index contributed by atoms with van der Waals surface area (Å²) in [5.74, 6) is 0. The number of alkyl halides is 1. The molecule has 0 bridgehead atoms. The first-order chi connectivity index (χ1) is 4.77. The van der Waals surface area contributed by atoms with E-state index in [0.717, 1.165) is 0 Å². The summed E-state index contributed by atoms with van der Waals surface area (Å²) < 4.78 is 22.2. The third-order valence-corrected chi connectivity index (χ3v) is 1.55. The van der Waals surface area contributed by atoms with Gasteiger partial charge >= 0.3 is 0 Å². The topological polar surface area (TPSA) is 38.7 Å². The van der Waals surface area contributed by atoms with Crippen LogP contribution in [0.25, 0.3) is 0 Å². The molecular weight excluding hydrogens is 139 g/mol. The fraction of sp³-hybridized carbons (Fsp3) is 1.00. The molecule has 10 heavy (non-hydrogen) atoms. The van der Waals surface area contributed by atoms with Crippen molar-refractivity contribution in [1.82, 2.24) is 0 Å². The van der Waals surface area contributed by atoms with Crippen molar-refractivity contribution in [1.29, 1.82) is 0 Å². The van der Waals surface area contributed by atoms with Crippen LogP contribution in [0.2, 0.25) is 0 Å². The van der Waals surface area contributed by atoms with Crippen LogP contribution in [0.3, 0.4) is 0 Å².